The van der Waals surface area contributed by atoms with Crippen molar-refractivity contribution in [3.8, 4) is 0 Å². The Kier molecular flexibility index (Phi) is 6.35. The zero-order valence-electron chi connectivity index (χ0n) is 17.6. The Bertz CT molecular complexity index is 896. The predicted molar refractivity (Wildman–Crippen MR) is 113 cm³/mol. The summed E-state index contributed by atoms with van der Waals surface area (Å²) in [5.74, 6) is 0.704. The molecule has 158 valence electrons. The van der Waals surface area contributed by atoms with Gasteiger partial charge in [-0.05, 0) is 57.6 Å². The van der Waals surface area contributed by atoms with Crippen LogP contribution in [0.1, 0.15) is 72.1 Å². The van der Waals surface area contributed by atoms with Gasteiger partial charge in [-0.25, -0.2) is 9.97 Å². The summed E-state index contributed by atoms with van der Waals surface area (Å²) in [6.07, 6.45) is 9.80. The molecule has 2 amide bonds. The first-order valence-corrected chi connectivity index (χ1v) is 11.0. The van der Waals surface area contributed by atoms with Crippen LogP contribution in [0.15, 0.2) is 30.6 Å². The zero-order valence-corrected chi connectivity index (χ0v) is 17.6. The maximum Gasteiger partial charge on any atom is 0.257 e. The van der Waals surface area contributed by atoms with E-state index in [9.17, 15) is 9.59 Å². The molecule has 0 N–H and O–H groups in total. The third-order valence-electron chi connectivity index (χ3n) is 6.05. The average Bonchev–Trinajstić information content (AvgIpc) is 2.80. The molecule has 2 aliphatic heterocycles. The Morgan fingerprint density at radius 2 is 1.83 bits per heavy atom. The monoisotopic (exact) mass is 407 g/mol. The van der Waals surface area contributed by atoms with Gasteiger partial charge in [-0.3, -0.25) is 14.6 Å². The summed E-state index contributed by atoms with van der Waals surface area (Å²) >= 11 is 0. The summed E-state index contributed by atoms with van der Waals surface area (Å²) in [7, 11) is 0. The number of carbonyl (C=O) groups excluding carboxylic acids is 2. The lowest BCUT2D eigenvalue weighted by Crippen LogP contribution is -2.40. The fraction of sp³-hybridized carbons (Fsp3) is 0.522. The number of aryl methyl sites for hydroxylation is 1. The van der Waals surface area contributed by atoms with E-state index in [1.165, 1.54) is 6.42 Å². The van der Waals surface area contributed by atoms with E-state index in [2.05, 4.69) is 15.0 Å². The van der Waals surface area contributed by atoms with Crippen LogP contribution in [-0.2, 0) is 11.2 Å². The van der Waals surface area contributed by atoms with E-state index in [4.69, 9.17) is 0 Å². The summed E-state index contributed by atoms with van der Waals surface area (Å²) in [6, 6.07) is 5.47. The van der Waals surface area contributed by atoms with Crippen molar-refractivity contribution in [2.24, 2.45) is 0 Å². The molecule has 2 fully saturated rings. The zero-order chi connectivity index (χ0) is 20.9. The molecule has 2 aromatic heterocycles. The van der Waals surface area contributed by atoms with Gasteiger partial charge < -0.3 is 9.80 Å². The number of hydrogen-bond donors (Lipinski definition) is 0. The van der Waals surface area contributed by atoms with Crippen molar-refractivity contribution in [1.82, 2.24) is 24.8 Å². The summed E-state index contributed by atoms with van der Waals surface area (Å²) in [5.41, 5.74) is 2.03. The van der Waals surface area contributed by atoms with Crippen molar-refractivity contribution in [1.29, 1.82) is 0 Å². The van der Waals surface area contributed by atoms with E-state index in [1.54, 1.807) is 12.4 Å². The quantitative estimate of drug-likeness (QED) is 0.778. The average molecular weight is 408 g/mol. The van der Waals surface area contributed by atoms with Crippen LogP contribution in [0.25, 0.3) is 0 Å². The van der Waals surface area contributed by atoms with E-state index >= 15 is 0 Å². The molecule has 0 radical (unpaired) electrons. The number of nitrogens with zero attached hydrogens (tertiary/aromatic N) is 5. The highest BCUT2D eigenvalue weighted by atomic mass is 16.2. The van der Waals surface area contributed by atoms with E-state index < -0.39 is 0 Å². The Morgan fingerprint density at radius 3 is 2.57 bits per heavy atom. The molecule has 2 aromatic rings. The third kappa shape index (κ3) is 4.50. The smallest absolute Gasteiger partial charge is 0.257 e. The van der Waals surface area contributed by atoms with Crippen LogP contribution in [0.5, 0.6) is 0 Å². The number of hydrogen-bond acceptors (Lipinski definition) is 5. The van der Waals surface area contributed by atoms with Gasteiger partial charge in [-0.1, -0.05) is 6.07 Å². The van der Waals surface area contributed by atoms with Crippen molar-refractivity contribution in [2.75, 3.05) is 19.6 Å². The number of aromatic nitrogens is 3. The highest BCUT2D eigenvalue weighted by molar-refractivity contribution is 5.95. The van der Waals surface area contributed by atoms with Crippen LogP contribution in [0.4, 0.5) is 0 Å². The van der Waals surface area contributed by atoms with Gasteiger partial charge >= 0.3 is 0 Å². The molecular weight excluding hydrogens is 378 g/mol. The Morgan fingerprint density at radius 1 is 1.03 bits per heavy atom. The molecule has 7 nitrogen and oxygen atoms in total. The first kappa shape index (κ1) is 20.4. The van der Waals surface area contributed by atoms with Crippen molar-refractivity contribution in [2.45, 2.75) is 57.9 Å². The van der Waals surface area contributed by atoms with Gasteiger partial charge in [0, 0.05) is 37.7 Å². The molecule has 30 heavy (non-hydrogen) atoms. The minimum atomic E-state index is -0.146. The van der Waals surface area contributed by atoms with E-state index in [0.29, 0.717) is 23.6 Å². The van der Waals surface area contributed by atoms with Gasteiger partial charge in [-0.15, -0.1) is 0 Å². The summed E-state index contributed by atoms with van der Waals surface area (Å²) in [5, 5.41) is 0. The highest BCUT2D eigenvalue weighted by Gasteiger charge is 2.31. The van der Waals surface area contributed by atoms with Gasteiger partial charge in [0.1, 0.15) is 0 Å². The molecule has 0 aliphatic carbocycles. The Hall–Kier alpha value is -2.83. The van der Waals surface area contributed by atoms with Crippen molar-refractivity contribution >= 4 is 11.8 Å². The largest absolute Gasteiger partial charge is 0.339 e. The predicted octanol–water partition coefficient (Wildman–Crippen LogP) is 3.10. The second kappa shape index (κ2) is 9.32. The van der Waals surface area contributed by atoms with Crippen molar-refractivity contribution in [3.63, 3.8) is 0 Å². The number of piperidine rings is 2. The van der Waals surface area contributed by atoms with Gasteiger partial charge in [0.25, 0.3) is 5.91 Å². The molecule has 4 heterocycles. The number of carbonyl (C=O) groups is 2. The minimum Gasteiger partial charge on any atom is -0.339 e. The summed E-state index contributed by atoms with van der Waals surface area (Å²) in [4.78, 5) is 43.1. The molecule has 0 bridgehead atoms. The van der Waals surface area contributed by atoms with Crippen LogP contribution in [-0.4, -0.2) is 56.2 Å². The van der Waals surface area contributed by atoms with Gasteiger partial charge in [0.15, 0.2) is 5.82 Å². The second-order valence-corrected chi connectivity index (χ2v) is 8.18. The van der Waals surface area contributed by atoms with Gasteiger partial charge in [-0.2, -0.15) is 0 Å². The molecule has 2 aliphatic rings. The van der Waals surface area contributed by atoms with E-state index in [0.717, 1.165) is 50.9 Å². The lowest BCUT2D eigenvalue weighted by atomic mass is 10.00. The van der Waals surface area contributed by atoms with Gasteiger partial charge in [0.2, 0.25) is 5.91 Å². The van der Waals surface area contributed by atoms with E-state index in [-0.39, 0.29) is 24.3 Å². The Labute approximate surface area is 177 Å². The SMILES string of the molecule is Cc1nc([C@@H]2CCCCN2C(=O)Cc2ccccn2)ncc1C(=O)N1CCCCC1. The summed E-state index contributed by atoms with van der Waals surface area (Å²) in [6.45, 7) is 4.18. The standard InChI is InChI=1S/C23H29N5O2/c1-17-19(23(30)27-12-6-2-7-13-27)16-25-22(26-17)20-10-4-8-14-28(20)21(29)15-18-9-3-5-11-24-18/h3,5,9,11,16,20H,2,4,6-8,10,12-15H2,1H3/t20-/m0/s1. The number of pyridine rings is 1. The van der Waals surface area contributed by atoms with E-state index in [1.807, 2.05) is 34.9 Å². The minimum absolute atomic E-state index is 0.0190. The van der Waals surface area contributed by atoms with Crippen LogP contribution >= 0.6 is 0 Å². The molecule has 7 heteroatoms. The normalized spacial score (nSPS) is 19.6. The van der Waals surface area contributed by atoms with Crippen LogP contribution in [0.2, 0.25) is 0 Å². The fourth-order valence-electron chi connectivity index (χ4n) is 4.38. The number of amides is 2. The van der Waals surface area contributed by atoms with Crippen LogP contribution in [0, 0.1) is 6.92 Å². The molecule has 0 saturated carbocycles. The van der Waals surface area contributed by atoms with Crippen molar-refractivity contribution < 1.29 is 9.59 Å². The molecule has 4 rings (SSSR count). The molecule has 0 unspecified atom stereocenters. The fourth-order valence-corrected chi connectivity index (χ4v) is 4.38. The van der Waals surface area contributed by atoms with Crippen LogP contribution < -0.4 is 0 Å². The van der Waals surface area contributed by atoms with Crippen LogP contribution in [0.3, 0.4) is 0 Å². The highest BCUT2D eigenvalue weighted by Crippen LogP contribution is 2.30. The number of rotatable bonds is 4. The van der Waals surface area contributed by atoms with Crippen molar-refractivity contribution in [3.05, 3.63) is 53.4 Å². The Balaban J connectivity index is 1.51. The third-order valence-corrected chi connectivity index (χ3v) is 6.05. The maximum absolute atomic E-state index is 13.0. The molecule has 1 atom stereocenters. The number of likely N-dealkylation sites (tertiary alicyclic amines) is 2. The topological polar surface area (TPSA) is 79.3 Å². The molecule has 2 saturated heterocycles. The molecule has 0 aromatic carbocycles. The maximum atomic E-state index is 13.0. The molecular formula is C23H29N5O2. The first-order chi connectivity index (χ1) is 14.6. The molecule has 0 spiro atoms. The second-order valence-electron chi connectivity index (χ2n) is 8.18. The lowest BCUT2D eigenvalue weighted by molar-refractivity contribution is -0.134. The first-order valence-electron chi connectivity index (χ1n) is 11.0. The summed E-state index contributed by atoms with van der Waals surface area (Å²) < 4.78 is 0. The van der Waals surface area contributed by atoms with Gasteiger partial charge in [0.05, 0.1) is 23.7 Å². The lowest BCUT2D eigenvalue weighted by Gasteiger charge is -2.35.